The fourth-order valence-electron chi connectivity index (χ4n) is 1.59. The van der Waals surface area contributed by atoms with E-state index in [-0.39, 0.29) is 0 Å². The van der Waals surface area contributed by atoms with Crippen LogP contribution in [-0.4, -0.2) is 4.98 Å². The molecule has 0 fully saturated rings. The fraction of sp³-hybridized carbons (Fsp3) is 0. The number of nitrogens with two attached hydrogens (primary N) is 1. The average molecular weight is 321 g/mol. The Balaban J connectivity index is 1.98. The van der Waals surface area contributed by atoms with E-state index in [4.69, 9.17) is 10.5 Å². The van der Waals surface area contributed by atoms with E-state index in [0.717, 1.165) is 14.7 Å². The van der Waals surface area contributed by atoms with Gasteiger partial charge in [0.2, 0.25) is 0 Å². The number of aromatic nitrogens is 1. The largest absolute Gasteiger partial charge is 0.430 e. The molecule has 0 amide bonds. The highest BCUT2D eigenvalue weighted by molar-refractivity contribution is 9.10. The minimum Gasteiger partial charge on any atom is -0.430 e. The number of hydrogen-bond acceptors (Lipinski definition) is 4. The second-order valence-electron chi connectivity index (χ2n) is 3.74. The number of anilines is 1. The second-order valence-corrected chi connectivity index (χ2v) is 5.59. The summed E-state index contributed by atoms with van der Waals surface area (Å²) in [5.74, 6) is 0.675. The van der Waals surface area contributed by atoms with Crippen LogP contribution in [0.1, 0.15) is 0 Å². The van der Waals surface area contributed by atoms with Gasteiger partial charge >= 0.3 is 0 Å². The molecule has 3 rings (SSSR count). The highest BCUT2D eigenvalue weighted by Gasteiger charge is 2.08. The molecule has 0 atom stereocenters. The fourth-order valence-corrected chi connectivity index (χ4v) is 2.74. The minimum absolute atomic E-state index is 0.613. The standard InChI is InChI=1S/C13H9BrN2OS/c14-9-6-5-8(15)7-11(9)17-13-16-10-3-1-2-4-12(10)18-13/h1-7H,15H2. The van der Waals surface area contributed by atoms with Gasteiger partial charge in [-0.25, -0.2) is 4.98 Å². The molecule has 1 heterocycles. The first-order valence-electron chi connectivity index (χ1n) is 5.31. The third-order valence-corrected chi connectivity index (χ3v) is 4.00. The summed E-state index contributed by atoms with van der Waals surface area (Å²) in [7, 11) is 0. The molecule has 90 valence electrons. The van der Waals surface area contributed by atoms with E-state index in [1.165, 1.54) is 11.3 Å². The Hall–Kier alpha value is -1.59. The molecule has 0 saturated heterocycles. The zero-order valence-electron chi connectivity index (χ0n) is 9.26. The summed E-state index contributed by atoms with van der Waals surface area (Å²) in [5, 5.41) is 0.613. The molecule has 3 nitrogen and oxygen atoms in total. The van der Waals surface area contributed by atoms with Crippen LogP contribution in [0.2, 0.25) is 0 Å². The monoisotopic (exact) mass is 320 g/mol. The number of halogens is 1. The summed E-state index contributed by atoms with van der Waals surface area (Å²) in [6.07, 6.45) is 0. The van der Waals surface area contributed by atoms with E-state index in [1.807, 2.05) is 36.4 Å². The average Bonchev–Trinajstić information content (AvgIpc) is 2.76. The van der Waals surface area contributed by atoms with Crippen LogP contribution in [0.15, 0.2) is 46.9 Å². The van der Waals surface area contributed by atoms with Gasteiger partial charge in [-0.15, -0.1) is 0 Å². The highest BCUT2D eigenvalue weighted by atomic mass is 79.9. The summed E-state index contributed by atoms with van der Waals surface area (Å²) in [6, 6.07) is 13.4. The van der Waals surface area contributed by atoms with Crippen molar-refractivity contribution in [2.75, 3.05) is 5.73 Å². The van der Waals surface area contributed by atoms with Gasteiger partial charge in [0.1, 0.15) is 5.75 Å². The number of thiazole rings is 1. The molecule has 0 radical (unpaired) electrons. The molecule has 0 aliphatic heterocycles. The van der Waals surface area contributed by atoms with Crippen LogP contribution in [0.4, 0.5) is 5.69 Å². The molecule has 0 aliphatic carbocycles. The van der Waals surface area contributed by atoms with Crippen molar-refractivity contribution in [2.45, 2.75) is 0 Å². The molecule has 5 heteroatoms. The molecule has 18 heavy (non-hydrogen) atoms. The first kappa shape index (κ1) is 11.5. The molecule has 3 aromatic rings. The van der Waals surface area contributed by atoms with Crippen molar-refractivity contribution in [3.63, 3.8) is 0 Å². The lowest BCUT2D eigenvalue weighted by Crippen LogP contribution is -1.88. The van der Waals surface area contributed by atoms with Crippen molar-refractivity contribution in [3.05, 3.63) is 46.9 Å². The normalized spacial score (nSPS) is 10.7. The van der Waals surface area contributed by atoms with Crippen LogP contribution in [-0.2, 0) is 0 Å². The number of benzene rings is 2. The third-order valence-electron chi connectivity index (χ3n) is 2.43. The molecule has 0 spiro atoms. The van der Waals surface area contributed by atoms with Gasteiger partial charge in [0.25, 0.3) is 5.19 Å². The van der Waals surface area contributed by atoms with Crippen molar-refractivity contribution in [1.82, 2.24) is 4.98 Å². The predicted octanol–water partition coefficient (Wildman–Crippen LogP) is 4.43. The molecular weight excluding hydrogens is 312 g/mol. The van der Waals surface area contributed by atoms with Crippen LogP contribution >= 0.6 is 27.3 Å². The zero-order chi connectivity index (χ0) is 12.5. The molecule has 2 N–H and O–H groups in total. The number of hydrogen-bond donors (Lipinski definition) is 1. The van der Waals surface area contributed by atoms with Crippen molar-refractivity contribution in [1.29, 1.82) is 0 Å². The molecule has 2 aromatic carbocycles. The summed E-state index contributed by atoms with van der Waals surface area (Å²) < 4.78 is 7.72. The van der Waals surface area contributed by atoms with Crippen LogP contribution in [0.5, 0.6) is 10.9 Å². The Labute approximate surface area is 116 Å². The third kappa shape index (κ3) is 2.19. The number of fused-ring (bicyclic) bond motifs is 1. The van der Waals surface area contributed by atoms with Crippen molar-refractivity contribution >= 4 is 43.2 Å². The first-order valence-corrected chi connectivity index (χ1v) is 6.92. The van der Waals surface area contributed by atoms with E-state index in [9.17, 15) is 0 Å². The van der Waals surface area contributed by atoms with E-state index in [2.05, 4.69) is 20.9 Å². The van der Waals surface area contributed by atoms with Gasteiger partial charge in [-0.05, 0) is 40.2 Å². The van der Waals surface area contributed by atoms with Crippen molar-refractivity contribution < 1.29 is 4.74 Å². The number of ether oxygens (including phenoxy) is 1. The molecule has 0 saturated carbocycles. The Kier molecular flexibility index (Phi) is 2.93. The molecule has 0 aliphatic rings. The van der Waals surface area contributed by atoms with E-state index >= 15 is 0 Å². The van der Waals surface area contributed by atoms with Crippen molar-refractivity contribution in [3.8, 4) is 10.9 Å². The highest BCUT2D eigenvalue weighted by Crippen LogP contribution is 2.35. The van der Waals surface area contributed by atoms with Gasteiger partial charge < -0.3 is 10.5 Å². The maximum absolute atomic E-state index is 5.76. The predicted molar refractivity (Wildman–Crippen MR) is 78.2 cm³/mol. The lowest BCUT2D eigenvalue weighted by Gasteiger charge is -2.04. The lowest BCUT2D eigenvalue weighted by atomic mass is 10.3. The number of nitrogens with zero attached hydrogens (tertiary/aromatic N) is 1. The van der Waals surface area contributed by atoms with E-state index < -0.39 is 0 Å². The minimum atomic E-state index is 0.613. The van der Waals surface area contributed by atoms with E-state index in [0.29, 0.717) is 16.6 Å². The number of para-hydroxylation sites is 1. The van der Waals surface area contributed by atoms with Gasteiger partial charge in [0.05, 0.1) is 14.7 Å². The molecule has 1 aromatic heterocycles. The smallest absolute Gasteiger partial charge is 0.279 e. The van der Waals surface area contributed by atoms with Gasteiger partial charge in [-0.3, -0.25) is 0 Å². The Morgan fingerprint density at radius 1 is 1.17 bits per heavy atom. The zero-order valence-corrected chi connectivity index (χ0v) is 11.7. The topological polar surface area (TPSA) is 48.1 Å². The SMILES string of the molecule is Nc1ccc(Br)c(Oc2nc3ccccc3s2)c1. The van der Waals surface area contributed by atoms with Crippen LogP contribution < -0.4 is 10.5 Å². The first-order chi connectivity index (χ1) is 8.72. The van der Waals surface area contributed by atoms with Gasteiger partial charge in [-0.1, -0.05) is 23.5 Å². The van der Waals surface area contributed by atoms with E-state index in [1.54, 1.807) is 6.07 Å². The van der Waals surface area contributed by atoms with Gasteiger partial charge in [0.15, 0.2) is 0 Å². The summed E-state index contributed by atoms with van der Waals surface area (Å²) in [6.45, 7) is 0. The maximum Gasteiger partial charge on any atom is 0.279 e. The Bertz CT molecular complexity index is 678. The van der Waals surface area contributed by atoms with Crippen molar-refractivity contribution in [2.24, 2.45) is 0 Å². The molecule has 0 bridgehead atoms. The molecular formula is C13H9BrN2OS. The van der Waals surface area contributed by atoms with Gasteiger partial charge in [0, 0.05) is 11.8 Å². The summed E-state index contributed by atoms with van der Waals surface area (Å²) >= 11 is 4.94. The number of nitrogen functional groups attached to an aromatic ring is 1. The Morgan fingerprint density at radius 2 is 2.00 bits per heavy atom. The maximum atomic E-state index is 5.76. The van der Waals surface area contributed by atoms with Gasteiger partial charge in [-0.2, -0.15) is 0 Å². The van der Waals surface area contributed by atoms with Crippen LogP contribution in [0, 0.1) is 0 Å². The lowest BCUT2D eigenvalue weighted by molar-refractivity contribution is 0.477. The van der Waals surface area contributed by atoms with Crippen LogP contribution in [0.25, 0.3) is 10.2 Å². The Morgan fingerprint density at radius 3 is 2.83 bits per heavy atom. The summed E-state index contributed by atoms with van der Waals surface area (Å²) in [4.78, 5) is 4.41. The quantitative estimate of drug-likeness (QED) is 0.710. The summed E-state index contributed by atoms with van der Waals surface area (Å²) in [5.41, 5.74) is 7.34. The molecule has 0 unspecified atom stereocenters. The second kappa shape index (κ2) is 4.59. The van der Waals surface area contributed by atoms with Crippen LogP contribution in [0.3, 0.4) is 0 Å². The number of rotatable bonds is 2.